The first kappa shape index (κ1) is 14.5. The number of nitrogens with one attached hydrogen (secondary N) is 1. The Morgan fingerprint density at radius 1 is 1.30 bits per heavy atom. The summed E-state index contributed by atoms with van der Waals surface area (Å²) in [4.78, 5) is 27.8. The number of pyridine rings is 1. The van der Waals surface area contributed by atoms with Gasteiger partial charge in [0.05, 0.1) is 16.8 Å². The molecule has 1 heterocycles. The molecular formula is C15H20N2O3. The summed E-state index contributed by atoms with van der Waals surface area (Å²) >= 11 is 0. The summed E-state index contributed by atoms with van der Waals surface area (Å²) in [6.45, 7) is 3.71. The van der Waals surface area contributed by atoms with Crippen molar-refractivity contribution in [2.24, 2.45) is 5.41 Å². The lowest BCUT2D eigenvalue weighted by Crippen LogP contribution is -2.32. The minimum Gasteiger partial charge on any atom is -0.481 e. The summed E-state index contributed by atoms with van der Waals surface area (Å²) in [5.41, 5.74) is 1.41. The molecule has 1 aromatic rings. The van der Waals surface area contributed by atoms with Gasteiger partial charge >= 0.3 is 5.97 Å². The lowest BCUT2D eigenvalue weighted by Gasteiger charge is -2.23. The fraction of sp³-hybridized carbons (Fsp3) is 0.533. The van der Waals surface area contributed by atoms with Crippen LogP contribution >= 0.6 is 0 Å². The SMILES string of the molecule is Cc1ccc(NC(=O)CC2(C(=O)O)CCCC2)c(C)n1. The molecule has 0 radical (unpaired) electrons. The molecule has 0 aromatic carbocycles. The van der Waals surface area contributed by atoms with Crippen molar-refractivity contribution in [3.05, 3.63) is 23.5 Å². The Labute approximate surface area is 118 Å². The van der Waals surface area contributed by atoms with Crippen molar-refractivity contribution in [1.82, 2.24) is 4.98 Å². The monoisotopic (exact) mass is 276 g/mol. The fourth-order valence-corrected chi connectivity index (χ4v) is 2.84. The maximum Gasteiger partial charge on any atom is 0.310 e. The van der Waals surface area contributed by atoms with Crippen LogP contribution in [0.15, 0.2) is 12.1 Å². The van der Waals surface area contributed by atoms with Crippen LogP contribution < -0.4 is 5.32 Å². The van der Waals surface area contributed by atoms with Crippen LogP contribution in [0.2, 0.25) is 0 Å². The molecule has 1 aromatic heterocycles. The molecule has 1 aliphatic rings. The number of nitrogens with zero attached hydrogens (tertiary/aromatic N) is 1. The first-order chi connectivity index (χ1) is 9.43. The van der Waals surface area contributed by atoms with Gasteiger partial charge in [0.1, 0.15) is 0 Å². The van der Waals surface area contributed by atoms with Gasteiger partial charge in [0.15, 0.2) is 0 Å². The number of hydrogen-bond acceptors (Lipinski definition) is 3. The van der Waals surface area contributed by atoms with Gasteiger partial charge in [-0.2, -0.15) is 0 Å². The quantitative estimate of drug-likeness (QED) is 0.886. The average Bonchev–Trinajstić information content (AvgIpc) is 2.82. The van der Waals surface area contributed by atoms with Crippen molar-refractivity contribution in [1.29, 1.82) is 0 Å². The topological polar surface area (TPSA) is 79.3 Å². The molecule has 1 aliphatic carbocycles. The van der Waals surface area contributed by atoms with E-state index in [1.807, 2.05) is 19.9 Å². The number of anilines is 1. The standard InChI is InChI=1S/C15H20N2O3/c1-10-5-6-12(11(2)16-10)17-13(18)9-15(14(19)20)7-3-4-8-15/h5-6H,3-4,7-9H2,1-2H3,(H,17,18)(H,19,20). The molecule has 0 bridgehead atoms. The highest BCUT2D eigenvalue weighted by molar-refractivity contribution is 5.94. The van der Waals surface area contributed by atoms with Crippen molar-refractivity contribution >= 4 is 17.6 Å². The molecule has 0 unspecified atom stereocenters. The summed E-state index contributed by atoms with van der Waals surface area (Å²) in [5.74, 6) is -1.10. The lowest BCUT2D eigenvalue weighted by atomic mass is 9.82. The van der Waals surface area contributed by atoms with Gasteiger partial charge in [0, 0.05) is 12.1 Å². The molecule has 20 heavy (non-hydrogen) atoms. The Morgan fingerprint density at radius 3 is 2.50 bits per heavy atom. The van der Waals surface area contributed by atoms with Gasteiger partial charge in [-0.25, -0.2) is 0 Å². The van der Waals surface area contributed by atoms with Crippen molar-refractivity contribution < 1.29 is 14.7 Å². The minimum absolute atomic E-state index is 0.0374. The van der Waals surface area contributed by atoms with E-state index >= 15 is 0 Å². The lowest BCUT2D eigenvalue weighted by molar-refractivity contribution is -0.150. The molecule has 2 N–H and O–H groups in total. The number of carboxylic acids is 1. The summed E-state index contributed by atoms with van der Waals surface area (Å²) in [5, 5.41) is 12.2. The van der Waals surface area contributed by atoms with Gasteiger partial charge in [-0.3, -0.25) is 14.6 Å². The summed E-state index contributed by atoms with van der Waals surface area (Å²) in [7, 11) is 0. The van der Waals surface area contributed by atoms with E-state index in [0.717, 1.165) is 24.2 Å². The molecule has 1 saturated carbocycles. The Kier molecular flexibility index (Phi) is 4.06. The smallest absolute Gasteiger partial charge is 0.310 e. The van der Waals surface area contributed by atoms with E-state index in [2.05, 4.69) is 10.3 Å². The molecule has 0 aliphatic heterocycles. The Hall–Kier alpha value is -1.91. The van der Waals surface area contributed by atoms with Gasteiger partial charge < -0.3 is 10.4 Å². The van der Waals surface area contributed by atoms with Crippen molar-refractivity contribution in [2.45, 2.75) is 46.0 Å². The maximum absolute atomic E-state index is 12.1. The van der Waals surface area contributed by atoms with Crippen LogP contribution in [0.1, 0.15) is 43.5 Å². The molecular weight excluding hydrogens is 256 g/mol. The first-order valence-electron chi connectivity index (χ1n) is 6.90. The van der Waals surface area contributed by atoms with Crippen LogP contribution in [-0.4, -0.2) is 22.0 Å². The third kappa shape index (κ3) is 2.98. The molecule has 2 rings (SSSR count). The number of amides is 1. The number of aliphatic carboxylic acids is 1. The van der Waals surface area contributed by atoms with Crippen LogP contribution in [-0.2, 0) is 9.59 Å². The normalized spacial score (nSPS) is 16.9. The number of carbonyl (C=O) groups is 2. The van der Waals surface area contributed by atoms with E-state index < -0.39 is 11.4 Å². The predicted octanol–water partition coefficient (Wildman–Crippen LogP) is 2.67. The van der Waals surface area contributed by atoms with E-state index in [9.17, 15) is 14.7 Å². The largest absolute Gasteiger partial charge is 0.481 e. The Morgan fingerprint density at radius 2 is 1.95 bits per heavy atom. The van der Waals surface area contributed by atoms with E-state index in [1.54, 1.807) is 6.07 Å². The number of carboxylic acid groups (broad SMARTS) is 1. The van der Waals surface area contributed by atoms with Crippen LogP contribution in [0.5, 0.6) is 0 Å². The van der Waals surface area contributed by atoms with E-state index in [0.29, 0.717) is 18.5 Å². The first-order valence-corrected chi connectivity index (χ1v) is 6.90. The second-order valence-electron chi connectivity index (χ2n) is 5.60. The van der Waals surface area contributed by atoms with Crippen molar-refractivity contribution in [3.8, 4) is 0 Å². The van der Waals surface area contributed by atoms with Crippen LogP contribution in [0, 0.1) is 19.3 Å². The third-order valence-electron chi connectivity index (χ3n) is 4.01. The number of hydrogen-bond donors (Lipinski definition) is 2. The number of aromatic nitrogens is 1. The molecule has 5 nitrogen and oxygen atoms in total. The summed E-state index contributed by atoms with van der Waals surface area (Å²) in [6, 6.07) is 3.63. The second kappa shape index (κ2) is 5.61. The number of aryl methyl sites for hydroxylation is 2. The van der Waals surface area contributed by atoms with Crippen molar-refractivity contribution in [2.75, 3.05) is 5.32 Å². The highest BCUT2D eigenvalue weighted by atomic mass is 16.4. The molecule has 0 atom stereocenters. The predicted molar refractivity (Wildman–Crippen MR) is 75.5 cm³/mol. The third-order valence-corrected chi connectivity index (χ3v) is 4.01. The molecule has 0 spiro atoms. The van der Waals surface area contributed by atoms with Crippen LogP contribution in [0.4, 0.5) is 5.69 Å². The highest BCUT2D eigenvalue weighted by Gasteiger charge is 2.42. The summed E-state index contributed by atoms with van der Waals surface area (Å²) < 4.78 is 0. The van der Waals surface area contributed by atoms with E-state index in [4.69, 9.17) is 0 Å². The zero-order chi connectivity index (χ0) is 14.8. The summed E-state index contributed by atoms with van der Waals surface area (Å²) in [6.07, 6.45) is 2.97. The maximum atomic E-state index is 12.1. The van der Waals surface area contributed by atoms with Gasteiger partial charge in [-0.15, -0.1) is 0 Å². The van der Waals surface area contributed by atoms with Gasteiger partial charge in [0.25, 0.3) is 0 Å². The van der Waals surface area contributed by atoms with Crippen LogP contribution in [0.25, 0.3) is 0 Å². The average molecular weight is 276 g/mol. The van der Waals surface area contributed by atoms with Crippen molar-refractivity contribution in [3.63, 3.8) is 0 Å². The molecule has 1 amide bonds. The zero-order valence-electron chi connectivity index (χ0n) is 11.9. The van der Waals surface area contributed by atoms with Crippen LogP contribution in [0.3, 0.4) is 0 Å². The zero-order valence-corrected chi connectivity index (χ0v) is 11.9. The fourth-order valence-electron chi connectivity index (χ4n) is 2.84. The van der Waals surface area contributed by atoms with Gasteiger partial charge in [-0.05, 0) is 38.8 Å². The Bertz CT molecular complexity index is 534. The Balaban J connectivity index is 2.07. The van der Waals surface area contributed by atoms with E-state index in [1.165, 1.54) is 0 Å². The second-order valence-corrected chi connectivity index (χ2v) is 5.60. The number of carbonyl (C=O) groups excluding carboxylic acids is 1. The molecule has 1 fully saturated rings. The molecule has 5 heteroatoms. The van der Waals surface area contributed by atoms with E-state index in [-0.39, 0.29) is 12.3 Å². The number of rotatable bonds is 4. The van der Waals surface area contributed by atoms with Gasteiger partial charge in [0.2, 0.25) is 5.91 Å². The highest BCUT2D eigenvalue weighted by Crippen LogP contribution is 2.41. The molecule has 108 valence electrons. The van der Waals surface area contributed by atoms with Gasteiger partial charge in [-0.1, -0.05) is 12.8 Å². The minimum atomic E-state index is -0.879. The molecule has 0 saturated heterocycles.